The average Bonchev–Trinajstić information content (AvgIpc) is 3.08. The Kier molecular flexibility index (Phi) is 11.4. The minimum absolute atomic E-state index is 0.122. The van der Waals surface area contributed by atoms with Crippen molar-refractivity contribution in [1.82, 2.24) is 0 Å². The molecule has 4 aromatic rings. The van der Waals surface area contributed by atoms with Crippen LogP contribution < -0.4 is 20.9 Å². The van der Waals surface area contributed by atoms with E-state index >= 15 is 0 Å². The van der Waals surface area contributed by atoms with E-state index in [0.717, 1.165) is 24.8 Å². The SMILES string of the molecule is CCC(C)(CCN)Oc1ccc(C(=O)c2ccc(Oc3ccc(S(=O)(=O)c4ccc(C(C)(CC)OCCN)cc4)cc3)cc2)cc1. The molecular weight excluding hydrogens is 600 g/mol. The van der Waals surface area contributed by atoms with Crippen LogP contribution >= 0.6 is 0 Å². The maximum absolute atomic E-state index is 13.3. The van der Waals surface area contributed by atoms with E-state index in [2.05, 4.69) is 6.92 Å². The number of rotatable bonds is 16. The molecule has 0 aliphatic carbocycles. The molecule has 0 saturated heterocycles. The van der Waals surface area contributed by atoms with Crippen LogP contribution in [-0.4, -0.2) is 39.5 Å². The van der Waals surface area contributed by atoms with Crippen LogP contribution in [0.1, 0.15) is 68.4 Å². The van der Waals surface area contributed by atoms with Crippen molar-refractivity contribution < 1.29 is 27.4 Å². The van der Waals surface area contributed by atoms with Gasteiger partial charge in [-0.1, -0.05) is 26.0 Å². The third kappa shape index (κ3) is 8.22. The van der Waals surface area contributed by atoms with E-state index in [0.29, 0.717) is 48.1 Å². The summed E-state index contributed by atoms with van der Waals surface area (Å²) in [6.45, 7) is 9.44. The molecule has 0 radical (unpaired) electrons. The molecule has 4 aromatic carbocycles. The van der Waals surface area contributed by atoms with Crippen molar-refractivity contribution in [3.63, 3.8) is 0 Å². The van der Waals surface area contributed by atoms with Crippen molar-refractivity contribution >= 4 is 15.6 Å². The number of benzene rings is 4. The molecule has 0 heterocycles. The largest absolute Gasteiger partial charge is 0.488 e. The highest BCUT2D eigenvalue weighted by Gasteiger charge is 2.27. The van der Waals surface area contributed by atoms with Crippen LogP contribution in [0.2, 0.25) is 0 Å². The van der Waals surface area contributed by atoms with Crippen molar-refractivity contribution in [2.24, 2.45) is 11.5 Å². The topological polar surface area (TPSA) is 131 Å². The fourth-order valence-corrected chi connectivity index (χ4v) is 6.29. The molecule has 8 nitrogen and oxygen atoms in total. The van der Waals surface area contributed by atoms with E-state index in [1.165, 1.54) is 12.1 Å². The normalized spacial score (nSPS) is 14.2. The predicted octanol–water partition coefficient (Wildman–Crippen LogP) is 7.04. The van der Waals surface area contributed by atoms with Gasteiger partial charge < -0.3 is 25.7 Å². The molecule has 0 fully saturated rings. The Morgan fingerprint density at radius 3 is 1.61 bits per heavy atom. The van der Waals surface area contributed by atoms with Crippen LogP contribution in [0.25, 0.3) is 0 Å². The van der Waals surface area contributed by atoms with Crippen molar-refractivity contribution in [3.8, 4) is 17.2 Å². The Morgan fingerprint density at radius 2 is 1.15 bits per heavy atom. The Morgan fingerprint density at radius 1 is 0.674 bits per heavy atom. The van der Waals surface area contributed by atoms with Crippen LogP contribution in [0.4, 0.5) is 0 Å². The van der Waals surface area contributed by atoms with Gasteiger partial charge in [-0.25, -0.2) is 8.42 Å². The van der Waals surface area contributed by atoms with E-state index in [-0.39, 0.29) is 21.2 Å². The number of hydrogen-bond donors (Lipinski definition) is 2. The zero-order chi connectivity index (χ0) is 33.4. The minimum atomic E-state index is -3.74. The molecule has 2 atom stereocenters. The summed E-state index contributed by atoms with van der Waals surface area (Å²) in [7, 11) is -3.74. The molecule has 4 rings (SSSR count). The zero-order valence-electron chi connectivity index (χ0n) is 27.0. The molecule has 46 heavy (non-hydrogen) atoms. The minimum Gasteiger partial charge on any atom is -0.488 e. The number of carbonyl (C=O) groups excluding carboxylic acids is 1. The van der Waals surface area contributed by atoms with Crippen molar-refractivity contribution in [2.75, 3.05) is 19.7 Å². The van der Waals surface area contributed by atoms with E-state index < -0.39 is 15.4 Å². The quantitative estimate of drug-likeness (QED) is 0.124. The first-order valence-electron chi connectivity index (χ1n) is 15.6. The first-order chi connectivity index (χ1) is 22.0. The maximum atomic E-state index is 13.3. The number of sulfone groups is 1. The number of nitrogens with two attached hydrogens (primary N) is 2. The first kappa shape index (κ1) is 34.8. The van der Waals surface area contributed by atoms with Gasteiger partial charge in [0, 0.05) is 17.7 Å². The Hall–Kier alpha value is -4.02. The van der Waals surface area contributed by atoms with Gasteiger partial charge in [0.15, 0.2) is 5.78 Å². The fraction of sp³-hybridized carbons (Fsp3) is 0.324. The molecule has 0 saturated carbocycles. The third-order valence-electron chi connectivity index (χ3n) is 8.38. The maximum Gasteiger partial charge on any atom is 0.206 e. The molecule has 0 aliphatic rings. The molecule has 0 bridgehead atoms. The van der Waals surface area contributed by atoms with Gasteiger partial charge in [0.05, 0.1) is 22.0 Å². The Labute approximate surface area is 272 Å². The molecular formula is C37H44N2O6S. The lowest BCUT2D eigenvalue weighted by Gasteiger charge is -2.29. The highest BCUT2D eigenvalue weighted by Crippen LogP contribution is 2.32. The summed E-state index contributed by atoms with van der Waals surface area (Å²) in [5.74, 6) is 1.55. The summed E-state index contributed by atoms with van der Waals surface area (Å²) in [4.78, 5) is 13.4. The van der Waals surface area contributed by atoms with Gasteiger partial charge in [-0.15, -0.1) is 0 Å². The van der Waals surface area contributed by atoms with Crippen LogP contribution in [-0.2, 0) is 20.2 Å². The first-order valence-corrected chi connectivity index (χ1v) is 17.1. The highest BCUT2D eigenvalue weighted by atomic mass is 32.2. The lowest BCUT2D eigenvalue weighted by Crippen LogP contribution is -2.34. The van der Waals surface area contributed by atoms with Gasteiger partial charge in [0.1, 0.15) is 22.8 Å². The second-order valence-corrected chi connectivity index (χ2v) is 13.6. The molecule has 244 valence electrons. The Bertz CT molecular complexity index is 1690. The van der Waals surface area contributed by atoms with E-state index in [4.69, 9.17) is 25.7 Å². The second-order valence-electron chi connectivity index (χ2n) is 11.6. The summed E-state index contributed by atoms with van der Waals surface area (Å²) < 4.78 is 44.6. The monoisotopic (exact) mass is 644 g/mol. The number of carbonyl (C=O) groups is 1. The summed E-state index contributed by atoms with van der Waals surface area (Å²) >= 11 is 0. The van der Waals surface area contributed by atoms with E-state index in [1.54, 1.807) is 84.9 Å². The lowest BCUT2D eigenvalue weighted by atomic mass is 9.93. The van der Waals surface area contributed by atoms with Crippen LogP contribution in [0.15, 0.2) is 107 Å². The van der Waals surface area contributed by atoms with Gasteiger partial charge in [-0.3, -0.25) is 4.79 Å². The van der Waals surface area contributed by atoms with Gasteiger partial charge in [0.25, 0.3) is 0 Å². The summed E-state index contributed by atoms with van der Waals surface area (Å²) in [6, 6.07) is 26.9. The summed E-state index contributed by atoms with van der Waals surface area (Å²) in [5, 5.41) is 0. The van der Waals surface area contributed by atoms with Crippen molar-refractivity contribution in [1.29, 1.82) is 0 Å². The molecule has 0 amide bonds. The summed E-state index contributed by atoms with van der Waals surface area (Å²) in [6.07, 6.45) is 2.28. The standard InChI is InChI=1S/C37H44N2O6S/c1-5-36(3,23-24-38)45-32-15-9-28(10-16-32)35(40)27-7-13-30(14-8-27)44-31-17-21-34(22-18-31)46(41,42)33-19-11-29(12-20-33)37(4,6-2)43-26-25-39/h7-22H,5-6,23-26,38-39H2,1-4H3. The number of hydrogen-bond acceptors (Lipinski definition) is 8. The third-order valence-corrected chi connectivity index (χ3v) is 10.2. The van der Waals surface area contributed by atoms with Crippen molar-refractivity contribution in [3.05, 3.63) is 114 Å². The van der Waals surface area contributed by atoms with Crippen molar-refractivity contribution in [2.45, 2.75) is 68.0 Å². The fourth-order valence-electron chi connectivity index (χ4n) is 5.02. The van der Waals surface area contributed by atoms with Gasteiger partial charge in [-0.2, -0.15) is 0 Å². The average molecular weight is 645 g/mol. The molecule has 0 aliphatic heterocycles. The summed E-state index contributed by atoms with van der Waals surface area (Å²) in [5.41, 5.74) is 12.4. The molecule has 4 N–H and O–H groups in total. The molecule has 0 spiro atoms. The zero-order valence-corrected chi connectivity index (χ0v) is 27.8. The second kappa shape index (κ2) is 15.0. The van der Waals surface area contributed by atoms with E-state index in [9.17, 15) is 13.2 Å². The van der Waals surface area contributed by atoms with Gasteiger partial charge >= 0.3 is 0 Å². The van der Waals surface area contributed by atoms with E-state index in [1.807, 2.05) is 20.8 Å². The van der Waals surface area contributed by atoms with Crippen LogP contribution in [0.3, 0.4) is 0 Å². The molecule has 2 unspecified atom stereocenters. The lowest BCUT2D eigenvalue weighted by molar-refractivity contribution is -0.0352. The van der Waals surface area contributed by atoms with Gasteiger partial charge in [0.2, 0.25) is 9.84 Å². The van der Waals surface area contributed by atoms with Gasteiger partial charge in [-0.05, 0) is 130 Å². The number of ether oxygens (including phenoxy) is 3. The van der Waals surface area contributed by atoms with Crippen LogP contribution in [0, 0.1) is 0 Å². The smallest absolute Gasteiger partial charge is 0.206 e. The molecule has 9 heteroatoms. The Balaban J connectivity index is 1.39. The predicted molar refractivity (Wildman–Crippen MR) is 180 cm³/mol. The number of ketones is 1. The molecule has 0 aromatic heterocycles. The van der Waals surface area contributed by atoms with Crippen LogP contribution in [0.5, 0.6) is 17.2 Å². The highest BCUT2D eigenvalue weighted by molar-refractivity contribution is 7.91.